The minimum absolute atomic E-state index is 0.00470. The summed E-state index contributed by atoms with van der Waals surface area (Å²) in [4.78, 5) is 21.0. The number of methoxy groups -OCH3 is 1. The zero-order chi connectivity index (χ0) is 24.6. The fraction of sp³-hybridized carbons (Fsp3) is 0.308. The molecule has 8 nitrogen and oxygen atoms in total. The number of halogens is 1. The lowest BCUT2D eigenvalue weighted by Gasteiger charge is -2.38. The lowest BCUT2D eigenvalue weighted by atomic mass is 9.75. The fourth-order valence-electron chi connectivity index (χ4n) is 4.97. The largest absolute Gasteiger partial charge is 0.481 e. The van der Waals surface area contributed by atoms with Crippen molar-refractivity contribution in [3.63, 3.8) is 0 Å². The van der Waals surface area contributed by atoms with Crippen LogP contribution in [-0.2, 0) is 9.53 Å². The van der Waals surface area contributed by atoms with Crippen molar-refractivity contribution in [1.82, 2.24) is 19.6 Å². The highest BCUT2D eigenvalue weighted by Gasteiger charge is 2.39. The van der Waals surface area contributed by atoms with Crippen LogP contribution in [0.5, 0.6) is 0 Å². The monoisotopic (exact) mass is 535 g/mol. The topological polar surface area (TPSA) is 116 Å². The first-order valence-electron chi connectivity index (χ1n) is 11.5. The van der Waals surface area contributed by atoms with E-state index in [0.29, 0.717) is 24.3 Å². The number of carbonyl (C=O) groups is 1. The Balaban J connectivity index is 1.47. The second kappa shape index (κ2) is 9.39. The van der Waals surface area contributed by atoms with E-state index >= 15 is 0 Å². The van der Waals surface area contributed by atoms with Crippen molar-refractivity contribution < 1.29 is 14.6 Å². The van der Waals surface area contributed by atoms with Gasteiger partial charge in [-0.2, -0.15) is 9.61 Å². The molecule has 3 heterocycles. The minimum Gasteiger partial charge on any atom is -0.481 e. The first-order chi connectivity index (χ1) is 16.9. The number of carboxylic acids is 1. The van der Waals surface area contributed by atoms with Gasteiger partial charge >= 0.3 is 5.97 Å². The first kappa shape index (κ1) is 23.4. The lowest BCUT2D eigenvalue weighted by molar-refractivity contribution is -0.146. The number of nitrogens with zero attached hydrogens (tertiary/aromatic N) is 4. The predicted molar refractivity (Wildman–Crippen MR) is 137 cm³/mol. The van der Waals surface area contributed by atoms with Crippen LogP contribution in [0, 0.1) is 0 Å². The summed E-state index contributed by atoms with van der Waals surface area (Å²) in [5.41, 5.74) is 11.1. The van der Waals surface area contributed by atoms with Gasteiger partial charge in [0.25, 0.3) is 0 Å². The SMILES string of the molecule is CO[C@]1(CC(=O)O)CC[C@H](c2nc3c(-c4ccc(-c5ccccc5)nc4)cnn3c(N)c2Br)CC1. The number of aliphatic carboxylic acids is 1. The summed E-state index contributed by atoms with van der Waals surface area (Å²) in [7, 11) is 1.59. The van der Waals surface area contributed by atoms with E-state index in [9.17, 15) is 9.90 Å². The number of hydrogen-bond acceptors (Lipinski definition) is 6. The molecular weight excluding hydrogens is 510 g/mol. The predicted octanol–water partition coefficient (Wildman–Crippen LogP) is 5.32. The Morgan fingerprint density at radius 2 is 1.91 bits per heavy atom. The summed E-state index contributed by atoms with van der Waals surface area (Å²) in [5.74, 6) is -0.222. The number of aromatic nitrogens is 4. The molecular formula is C26H26BrN5O3. The van der Waals surface area contributed by atoms with E-state index in [4.69, 9.17) is 15.5 Å². The van der Waals surface area contributed by atoms with E-state index in [1.54, 1.807) is 17.8 Å². The van der Waals surface area contributed by atoms with E-state index in [1.807, 2.05) is 48.7 Å². The van der Waals surface area contributed by atoms with Gasteiger partial charge in [-0.3, -0.25) is 9.78 Å². The van der Waals surface area contributed by atoms with Gasteiger partial charge in [-0.25, -0.2) is 4.98 Å². The van der Waals surface area contributed by atoms with Gasteiger partial charge in [-0.15, -0.1) is 0 Å². The molecule has 1 aliphatic carbocycles. The van der Waals surface area contributed by atoms with Gasteiger partial charge < -0.3 is 15.6 Å². The average Bonchev–Trinajstić information content (AvgIpc) is 3.31. The van der Waals surface area contributed by atoms with Crippen LogP contribution in [-0.4, -0.2) is 43.4 Å². The third kappa shape index (κ3) is 4.41. The van der Waals surface area contributed by atoms with Crippen LogP contribution in [0.25, 0.3) is 28.0 Å². The standard InChI is InChI=1S/C26H26BrN5O3/c1-35-26(13-21(33)34)11-9-17(10-12-26)23-22(27)24(28)32-25(31-23)19(15-30-32)18-7-8-20(29-14-18)16-5-3-2-4-6-16/h2-8,14-15,17H,9-13,28H2,1H3,(H,33,34)/t17-,26+. The van der Waals surface area contributed by atoms with Crippen molar-refractivity contribution in [3.05, 3.63) is 65.0 Å². The highest BCUT2D eigenvalue weighted by atomic mass is 79.9. The second-order valence-corrected chi connectivity index (χ2v) is 9.81. The molecule has 0 unspecified atom stereocenters. The maximum absolute atomic E-state index is 11.3. The molecule has 0 spiro atoms. The van der Waals surface area contributed by atoms with E-state index in [1.165, 1.54) is 0 Å². The minimum atomic E-state index is -0.842. The second-order valence-electron chi connectivity index (χ2n) is 9.02. The third-order valence-corrected chi connectivity index (χ3v) is 7.79. The lowest BCUT2D eigenvalue weighted by Crippen LogP contribution is -2.38. The zero-order valence-corrected chi connectivity index (χ0v) is 20.9. The Bertz CT molecular complexity index is 1360. The van der Waals surface area contributed by atoms with E-state index in [-0.39, 0.29) is 12.3 Å². The van der Waals surface area contributed by atoms with Crippen LogP contribution >= 0.6 is 15.9 Å². The Labute approximate surface area is 211 Å². The highest BCUT2D eigenvalue weighted by Crippen LogP contribution is 2.44. The molecule has 1 fully saturated rings. The van der Waals surface area contributed by atoms with Gasteiger partial charge in [0, 0.05) is 35.9 Å². The van der Waals surface area contributed by atoms with Crippen LogP contribution < -0.4 is 5.73 Å². The Kier molecular flexibility index (Phi) is 6.29. The molecule has 4 aromatic rings. The van der Waals surface area contributed by atoms with Crippen molar-refractivity contribution in [2.24, 2.45) is 0 Å². The molecule has 180 valence electrons. The zero-order valence-electron chi connectivity index (χ0n) is 19.3. The Hall–Kier alpha value is -3.30. The van der Waals surface area contributed by atoms with Crippen molar-refractivity contribution in [2.75, 3.05) is 12.8 Å². The summed E-state index contributed by atoms with van der Waals surface area (Å²) in [5, 5.41) is 13.8. The molecule has 9 heteroatoms. The van der Waals surface area contributed by atoms with Gasteiger partial charge in [0.2, 0.25) is 0 Å². The summed E-state index contributed by atoms with van der Waals surface area (Å²) in [6, 6.07) is 14.0. The number of pyridine rings is 1. The van der Waals surface area contributed by atoms with Gasteiger partial charge in [0.1, 0.15) is 5.82 Å². The number of nitrogens with two attached hydrogens (primary N) is 1. The number of anilines is 1. The third-order valence-electron chi connectivity index (χ3n) is 6.98. The maximum atomic E-state index is 11.3. The van der Waals surface area contributed by atoms with E-state index in [0.717, 1.165) is 45.4 Å². The van der Waals surface area contributed by atoms with Crippen LogP contribution in [0.3, 0.4) is 0 Å². The van der Waals surface area contributed by atoms with Crippen LogP contribution in [0.1, 0.15) is 43.7 Å². The normalized spacial score (nSPS) is 20.2. The fourth-order valence-corrected chi connectivity index (χ4v) is 5.55. The molecule has 5 rings (SSSR count). The summed E-state index contributed by atoms with van der Waals surface area (Å²) >= 11 is 3.64. The number of rotatable bonds is 6. The van der Waals surface area contributed by atoms with Crippen molar-refractivity contribution in [3.8, 4) is 22.4 Å². The average molecular weight is 536 g/mol. The summed E-state index contributed by atoms with van der Waals surface area (Å²) in [6.45, 7) is 0. The summed E-state index contributed by atoms with van der Waals surface area (Å²) in [6.07, 6.45) is 6.42. The number of ether oxygens (including phenoxy) is 1. The quantitative estimate of drug-likeness (QED) is 0.343. The number of benzene rings is 1. The summed E-state index contributed by atoms with van der Waals surface area (Å²) < 4.78 is 8.01. The molecule has 0 aliphatic heterocycles. The number of hydrogen-bond donors (Lipinski definition) is 2. The number of carboxylic acid groups (broad SMARTS) is 1. The van der Waals surface area contributed by atoms with E-state index in [2.05, 4.69) is 26.0 Å². The van der Waals surface area contributed by atoms with Gasteiger partial charge in [-0.1, -0.05) is 36.4 Å². The molecule has 0 atom stereocenters. The Morgan fingerprint density at radius 3 is 2.54 bits per heavy atom. The number of fused-ring (bicyclic) bond motifs is 1. The molecule has 3 N–H and O–H groups in total. The maximum Gasteiger partial charge on any atom is 0.306 e. The van der Waals surface area contributed by atoms with E-state index < -0.39 is 11.6 Å². The highest BCUT2D eigenvalue weighted by molar-refractivity contribution is 9.10. The van der Waals surface area contributed by atoms with Gasteiger partial charge in [-0.05, 0) is 47.7 Å². The molecule has 0 bridgehead atoms. The van der Waals surface area contributed by atoms with Crippen LogP contribution in [0.15, 0.2) is 59.3 Å². The molecule has 35 heavy (non-hydrogen) atoms. The first-order valence-corrected chi connectivity index (χ1v) is 12.3. The molecule has 0 radical (unpaired) electrons. The van der Waals surface area contributed by atoms with Crippen molar-refractivity contribution >= 4 is 33.4 Å². The Morgan fingerprint density at radius 1 is 1.17 bits per heavy atom. The van der Waals surface area contributed by atoms with Gasteiger partial charge in [0.05, 0.1) is 34.1 Å². The molecule has 0 amide bonds. The number of nitrogen functional groups attached to an aromatic ring is 1. The molecule has 0 saturated heterocycles. The smallest absolute Gasteiger partial charge is 0.306 e. The van der Waals surface area contributed by atoms with Crippen LogP contribution in [0.2, 0.25) is 0 Å². The van der Waals surface area contributed by atoms with Crippen molar-refractivity contribution in [2.45, 2.75) is 43.6 Å². The molecule has 1 aromatic carbocycles. The molecule has 1 saturated carbocycles. The van der Waals surface area contributed by atoms with Gasteiger partial charge in [0.15, 0.2) is 5.65 Å². The molecule has 1 aliphatic rings. The molecule has 3 aromatic heterocycles. The van der Waals surface area contributed by atoms with Crippen LogP contribution in [0.4, 0.5) is 5.82 Å². The van der Waals surface area contributed by atoms with Crippen molar-refractivity contribution in [1.29, 1.82) is 0 Å².